The molecule has 2 N–H and O–H groups in total. The fourth-order valence-corrected chi connectivity index (χ4v) is 1.57. The van der Waals surface area contributed by atoms with Crippen LogP contribution in [0.4, 0.5) is 0 Å². The molecule has 2 rings (SSSR count). The first-order valence-electron chi connectivity index (χ1n) is 5.99. The van der Waals surface area contributed by atoms with E-state index < -0.39 is 11.9 Å². The first-order valence-corrected chi connectivity index (χ1v) is 5.99. The Morgan fingerprint density at radius 3 is 2.80 bits per heavy atom. The van der Waals surface area contributed by atoms with Crippen molar-refractivity contribution in [2.75, 3.05) is 6.54 Å². The number of rotatable bonds is 6. The van der Waals surface area contributed by atoms with Crippen LogP contribution in [0.15, 0.2) is 30.6 Å². The number of amides is 1. The smallest absolute Gasteiger partial charge is 0.354 e. The highest BCUT2D eigenvalue weighted by atomic mass is 16.4. The van der Waals surface area contributed by atoms with E-state index in [-0.39, 0.29) is 11.4 Å². The molecule has 0 saturated heterocycles. The largest absolute Gasteiger partial charge is 0.477 e. The zero-order valence-corrected chi connectivity index (χ0v) is 10.6. The number of aryl methyl sites for hydroxylation is 1. The highest BCUT2D eigenvalue weighted by molar-refractivity contribution is 5.94. The van der Waals surface area contributed by atoms with Gasteiger partial charge in [0.05, 0.1) is 6.20 Å². The Balaban J connectivity index is 1.82. The van der Waals surface area contributed by atoms with Gasteiger partial charge in [0.25, 0.3) is 5.91 Å². The molecule has 0 aromatic carbocycles. The first-order chi connectivity index (χ1) is 9.66. The van der Waals surface area contributed by atoms with Crippen molar-refractivity contribution >= 4 is 11.9 Å². The Kier molecular flexibility index (Phi) is 4.38. The van der Waals surface area contributed by atoms with E-state index >= 15 is 0 Å². The molecule has 0 atom stereocenters. The number of hydrogen-bond donors (Lipinski definition) is 2. The van der Waals surface area contributed by atoms with E-state index in [9.17, 15) is 9.59 Å². The Hall–Kier alpha value is -2.77. The number of hydrogen-bond acceptors (Lipinski definition) is 5. The van der Waals surface area contributed by atoms with Crippen LogP contribution in [0.1, 0.15) is 27.4 Å². The number of nitrogens with one attached hydrogen (secondary N) is 1. The third-order valence-electron chi connectivity index (χ3n) is 2.52. The molecule has 0 radical (unpaired) electrons. The molecule has 0 fully saturated rings. The van der Waals surface area contributed by atoms with E-state index in [1.54, 1.807) is 17.1 Å². The van der Waals surface area contributed by atoms with Crippen molar-refractivity contribution in [1.29, 1.82) is 0 Å². The summed E-state index contributed by atoms with van der Waals surface area (Å²) in [6.07, 6.45) is 4.01. The summed E-state index contributed by atoms with van der Waals surface area (Å²) in [6, 6.07) is 4.30. The SMILES string of the molecule is O=C(O)c1cccc(C(=O)NCCCn2ccnn2)n1. The van der Waals surface area contributed by atoms with E-state index in [1.807, 2.05) is 0 Å². The minimum atomic E-state index is -1.16. The summed E-state index contributed by atoms with van der Waals surface area (Å²) in [5, 5.41) is 18.9. The molecule has 1 amide bonds. The van der Waals surface area contributed by atoms with Crippen LogP contribution in [0, 0.1) is 0 Å². The average Bonchev–Trinajstić information content (AvgIpc) is 2.96. The third-order valence-corrected chi connectivity index (χ3v) is 2.52. The van der Waals surface area contributed by atoms with Crippen LogP contribution >= 0.6 is 0 Å². The normalized spacial score (nSPS) is 10.2. The number of nitrogens with zero attached hydrogens (tertiary/aromatic N) is 4. The lowest BCUT2D eigenvalue weighted by molar-refractivity contribution is 0.0690. The van der Waals surface area contributed by atoms with Crippen LogP contribution in [0.3, 0.4) is 0 Å². The maximum atomic E-state index is 11.8. The van der Waals surface area contributed by atoms with Crippen molar-refractivity contribution in [1.82, 2.24) is 25.3 Å². The molecule has 2 heterocycles. The summed E-state index contributed by atoms with van der Waals surface area (Å²) < 4.78 is 1.66. The molecule has 0 aliphatic carbocycles. The molecule has 0 unspecified atom stereocenters. The molecule has 8 nitrogen and oxygen atoms in total. The summed E-state index contributed by atoms with van der Waals surface area (Å²) in [4.78, 5) is 26.3. The quantitative estimate of drug-likeness (QED) is 0.728. The summed E-state index contributed by atoms with van der Waals surface area (Å²) >= 11 is 0. The highest BCUT2D eigenvalue weighted by Gasteiger charge is 2.10. The van der Waals surface area contributed by atoms with Gasteiger partial charge in [-0.15, -0.1) is 5.10 Å². The fourth-order valence-electron chi connectivity index (χ4n) is 1.57. The van der Waals surface area contributed by atoms with Gasteiger partial charge >= 0.3 is 5.97 Å². The summed E-state index contributed by atoms with van der Waals surface area (Å²) in [6.45, 7) is 1.08. The minimum Gasteiger partial charge on any atom is -0.477 e. The van der Waals surface area contributed by atoms with Gasteiger partial charge in [-0.3, -0.25) is 9.48 Å². The number of aromatic nitrogens is 4. The molecule has 20 heavy (non-hydrogen) atoms. The molecule has 0 aliphatic heterocycles. The standard InChI is InChI=1S/C12H13N5O3/c18-11(9-3-1-4-10(15-9)12(19)20)13-5-2-7-17-8-6-14-16-17/h1,3-4,6,8H,2,5,7H2,(H,13,18)(H,19,20). The average molecular weight is 275 g/mol. The van der Waals surface area contributed by atoms with E-state index in [0.29, 0.717) is 19.5 Å². The van der Waals surface area contributed by atoms with Gasteiger partial charge in [0.2, 0.25) is 0 Å². The van der Waals surface area contributed by atoms with E-state index in [2.05, 4.69) is 20.6 Å². The molecule has 0 spiro atoms. The Morgan fingerprint density at radius 1 is 1.30 bits per heavy atom. The zero-order chi connectivity index (χ0) is 14.4. The van der Waals surface area contributed by atoms with Crippen LogP contribution in [0.25, 0.3) is 0 Å². The van der Waals surface area contributed by atoms with Gasteiger partial charge in [-0.1, -0.05) is 11.3 Å². The van der Waals surface area contributed by atoms with Crippen LogP contribution in [-0.4, -0.2) is 43.5 Å². The lowest BCUT2D eigenvalue weighted by Gasteiger charge is -2.05. The Morgan fingerprint density at radius 2 is 2.10 bits per heavy atom. The predicted octanol–water partition coefficient (Wildman–Crippen LogP) is 0.191. The van der Waals surface area contributed by atoms with E-state index in [1.165, 1.54) is 18.2 Å². The molecule has 0 saturated carbocycles. The van der Waals surface area contributed by atoms with E-state index in [0.717, 1.165) is 0 Å². The topological polar surface area (TPSA) is 110 Å². The number of pyridine rings is 1. The number of carbonyl (C=O) groups is 2. The first kappa shape index (κ1) is 13.7. The minimum absolute atomic E-state index is 0.0886. The van der Waals surface area contributed by atoms with Gasteiger partial charge in [0.15, 0.2) is 0 Å². The van der Waals surface area contributed by atoms with E-state index in [4.69, 9.17) is 5.11 Å². The van der Waals surface area contributed by atoms with Crippen LogP contribution in [-0.2, 0) is 6.54 Å². The number of carbonyl (C=O) groups excluding carboxylic acids is 1. The number of carboxylic acids is 1. The van der Waals surface area contributed by atoms with Crippen molar-refractivity contribution in [3.63, 3.8) is 0 Å². The summed E-state index contributed by atoms with van der Waals surface area (Å²) in [5.74, 6) is -1.56. The Labute approximate surface area is 114 Å². The number of aromatic carboxylic acids is 1. The zero-order valence-electron chi connectivity index (χ0n) is 10.6. The molecular weight excluding hydrogens is 262 g/mol. The van der Waals surface area contributed by atoms with Crippen LogP contribution in [0.2, 0.25) is 0 Å². The third kappa shape index (κ3) is 3.61. The second-order valence-electron chi connectivity index (χ2n) is 3.99. The van der Waals surface area contributed by atoms with Gasteiger partial charge in [0.1, 0.15) is 11.4 Å². The molecule has 0 aliphatic rings. The second kappa shape index (κ2) is 6.41. The lowest BCUT2D eigenvalue weighted by atomic mass is 10.3. The summed E-state index contributed by atoms with van der Waals surface area (Å²) in [5.41, 5.74) is -0.0640. The molecule has 104 valence electrons. The molecular formula is C12H13N5O3. The molecule has 2 aromatic rings. The number of carboxylic acid groups (broad SMARTS) is 1. The van der Waals surface area contributed by atoms with Gasteiger partial charge in [0, 0.05) is 19.3 Å². The van der Waals surface area contributed by atoms with Gasteiger partial charge in [-0.2, -0.15) is 0 Å². The van der Waals surface area contributed by atoms with Crippen molar-refractivity contribution in [2.24, 2.45) is 0 Å². The van der Waals surface area contributed by atoms with Gasteiger partial charge in [-0.05, 0) is 18.6 Å². The predicted molar refractivity (Wildman–Crippen MR) is 68.2 cm³/mol. The fraction of sp³-hybridized carbons (Fsp3) is 0.250. The summed E-state index contributed by atoms with van der Waals surface area (Å²) in [7, 11) is 0. The highest BCUT2D eigenvalue weighted by Crippen LogP contribution is 1.99. The molecule has 2 aromatic heterocycles. The van der Waals surface area contributed by atoms with Crippen molar-refractivity contribution in [3.8, 4) is 0 Å². The van der Waals surface area contributed by atoms with Crippen molar-refractivity contribution in [3.05, 3.63) is 42.0 Å². The second-order valence-corrected chi connectivity index (χ2v) is 3.99. The Bertz CT molecular complexity index is 597. The van der Waals surface area contributed by atoms with Crippen molar-refractivity contribution < 1.29 is 14.7 Å². The van der Waals surface area contributed by atoms with Crippen LogP contribution in [0.5, 0.6) is 0 Å². The van der Waals surface area contributed by atoms with Gasteiger partial charge < -0.3 is 10.4 Å². The lowest BCUT2D eigenvalue weighted by Crippen LogP contribution is -2.26. The molecule has 0 bridgehead atoms. The maximum absolute atomic E-state index is 11.8. The monoisotopic (exact) mass is 275 g/mol. The molecule has 8 heteroatoms. The van der Waals surface area contributed by atoms with Crippen LogP contribution < -0.4 is 5.32 Å². The maximum Gasteiger partial charge on any atom is 0.354 e. The van der Waals surface area contributed by atoms with Crippen molar-refractivity contribution in [2.45, 2.75) is 13.0 Å². The van der Waals surface area contributed by atoms with Gasteiger partial charge in [-0.25, -0.2) is 9.78 Å².